The molecule has 1 aliphatic rings. The Kier molecular flexibility index (Phi) is 5.23. The molecule has 1 aromatic rings. The first-order valence-electron chi connectivity index (χ1n) is 6.74. The average Bonchev–Trinajstić information content (AvgIpc) is 2.93. The number of hydrogen-bond acceptors (Lipinski definition) is 4. The number of amides is 1. The lowest BCUT2D eigenvalue weighted by Crippen LogP contribution is -2.42. The van der Waals surface area contributed by atoms with Crippen molar-refractivity contribution in [2.24, 2.45) is 0 Å². The molecule has 20 heavy (non-hydrogen) atoms. The Morgan fingerprint density at radius 3 is 2.95 bits per heavy atom. The second-order valence-corrected chi connectivity index (χ2v) is 5.37. The van der Waals surface area contributed by atoms with E-state index in [0.29, 0.717) is 11.6 Å². The maximum Gasteiger partial charge on any atom is 0.257 e. The van der Waals surface area contributed by atoms with E-state index in [1.54, 1.807) is 4.90 Å². The van der Waals surface area contributed by atoms with Crippen molar-refractivity contribution in [1.29, 1.82) is 0 Å². The van der Waals surface area contributed by atoms with E-state index in [9.17, 15) is 9.90 Å². The molecule has 6 heteroatoms. The summed E-state index contributed by atoms with van der Waals surface area (Å²) in [6, 6.07) is 4.63. The largest absolute Gasteiger partial charge is 0.507 e. The normalized spacial score (nSPS) is 18.2. The number of nitrogens with zero attached hydrogens (tertiary/aromatic N) is 1. The molecule has 0 radical (unpaired) electrons. The van der Waals surface area contributed by atoms with Gasteiger partial charge < -0.3 is 20.4 Å². The highest BCUT2D eigenvalue weighted by Crippen LogP contribution is 2.23. The van der Waals surface area contributed by atoms with Gasteiger partial charge in [-0.25, -0.2) is 0 Å². The Labute approximate surface area is 123 Å². The number of rotatable bonds is 5. The van der Waals surface area contributed by atoms with Gasteiger partial charge in [-0.1, -0.05) is 11.6 Å². The van der Waals surface area contributed by atoms with Crippen LogP contribution in [0.2, 0.25) is 5.02 Å². The number of phenolic OH excluding ortho intramolecular Hbond substituents is 1. The van der Waals surface area contributed by atoms with Crippen LogP contribution in [0.4, 0.5) is 0 Å². The smallest absolute Gasteiger partial charge is 0.257 e. The van der Waals surface area contributed by atoms with Crippen molar-refractivity contribution in [2.75, 3.05) is 26.2 Å². The van der Waals surface area contributed by atoms with Crippen LogP contribution in [0.15, 0.2) is 18.2 Å². The monoisotopic (exact) mass is 298 g/mol. The van der Waals surface area contributed by atoms with Crippen LogP contribution in [-0.2, 0) is 0 Å². The van der Waals surface area contributed by atoms with Crippen molar-refractivity contribution >= 4 is 17.5 Å². The zero-order valence-corrected chi connectivity index (χ0v) is 11.9. The number of aromatic hydroxyl groups is 1. The number of phenols is 1. The number of aliphatic hydroxyl groups excluding tert-OH is 1. The van der Waals surface area contributed by atoms with Gasteiger partial charge in [0.05, 0.1) is 12.2 Å². The maximum atomic E-state index is 12.5. The Morgan fingerprint density at radius 2 is 2.30 bits per heavy atom. The van der Waals surface area contributed by atoms with Gasteiger partial charge in [-0.2, -0.15) is 0 Å². The highest BCUT2D eigenvalue weighted by molar-refractivity contribution is 6.31. The van der Waals surface area contributed by atoms with E-state index < -0.39 is 0 Å². The second-order valence-electron chi connectivity index (χ2n) is 4.93. The summed E-state index contributed by atoms with van der Waals surface area (Å²) in [7, 11) is 0. The minimum absolute atomic E-state index is 0.0956. The van der Waals surface area contributed by atoms with E-state index in [1.165, 1.54) is 18.2 Å². The van der Waals surface area contributed by atoms with Crippen molar-refractivity contribution in [3.63, 3.8) is 0 Å². The van der Waals surface area contributed by atoms with Gasteiger partial charge in [-0.3, -0.25) is 4.79 Å². The van der Waals surface area contributed by atoms with Crippen LogP contribution in [0.3, 0.4) is 0 Å². The van der Waals surface area contributed by atoms with Crippen molar-refractivity contribution in [3.8, 4) is 5.75 Å². The quantitative estimate of drug-likeness (QED) is 0.764. The van der Waals surface area contributed by atoms with Crippen LogP contribution in [0, 0.1) is 0 Å². The molecule has 1 heterocycles. The second kappa shape index (κ2) is 6.92. The number of benzene rings is 1. The van der Waals surface area contributed by atoms with Gasteiger partial charge >= 0.3 is 0 Å². The van der Waals surface area contributed by atoms with Gasteiger partial charge in [0.25, 0.3) is 5.91 Å². The summed E-state index contributed by atoms with van der Waals surface area (Å²) in [6.45, 7) is 1.60. The number of carbonyl (C=O) groups is 1. The van der Waals surface area contributed by atoms with Gasteiger partial charge in [-0.15, -0.1) is 0 Å². The van der Waals surface area contributed by atoms with E-state index in [1.807, 2.05) is 0 Å². The maximum absolute atomic E-state index is 12.5. The van der Waals surface area contributed by atoms with Crippen LogP contribution in [0.5, 0.6) is 5.75 Å². The lowest BCUT2D eigenvalue weighted by Gasteiger charge is -2.25. The van der Waals surface area contributed by atoms with E-state index in [0.717, 1.165) is 19.4 Å². The molecule has 1 unspecified atom stereocenters. The average molecular weight is 299 g/mol. The molecule has 1 atom stereocenters. The topological polar surface area (TPSA) is 72.8 Å². The fourth-order valence-corrected chi connectivity index (χ4v) is 2.60. The van der Waals surface area contributed by atoms with Crippen LogP contribution < -0.4 is 5.32 Å². The predicted molar refractivity (Wildman–Crippen MR) is 77.1 cm³/mol. The first-order valence-corrected chi connectivity index (χ1v) is 7.11. The Morgan fingerprint density at radius 1 is 1.50 bits per heavy atom. The number of carbonyl (C=O) groups excluding carboxylic acids is 1. The molecule has 0 aliphatic carbocycles. The van der Waals surface area contributed by atoms with Crippen LogP contribution in [0.1, 0.15) is 23.2 Å². The van der Waals surface area contributed by atoms with Crippen LogP contribution in [0.25, 0.3) is 0 Å². The molecule has 1 aliphatic heterocycles. The highest BCUT2D eigenvalue weighted by atomic mass is 35.5. The van der Waals surface area contributed by atoms with Crippen LogP contribution >= 0.6 is 11.6 Å². The first-order chi connectivity index (χ1) is 9.61. The van der Waals surface area contributed by atoms with Crippen LogP contribution in [-0.4, -0.2) is 53.3 Å². The van der Waals surface area contributed by atoms with Crippen molar-refractivity contribution in [1.82, 2.24) is 10.2 Å². The standard InChI is InChI=1S/C14H19ClN2O3/c15-10-3-4-13(19)12(8-10)14(20)17(6-7-18)9-11-2-1-5-16-11/h3-4,8,11,16,18-19H,1-2,5-7,9H2. The molecule has 3 N–H and O–H groups in total. The van der Waals surface area contributed by atoms with E-state index in [-0.39, 0.29) is 36.4 Å². The van der Waals surface area contributed by atoms with Crippen molar-refractivity contribution in [3.05, 3.63) is 28.8 Å². The highest BCUT2D eigenvalue weighted by Gasteiger charge is 2.23. The number of aliphatic hydroxyl groups is 1. The van der Waals surface area contributed by atoms with E-state index in [4.69, 9.17) is 16.7 Å². The minimum atomic E-state index is -0.312. The molecule has 0 spiro atoms. The molecule has 0 bridgehead atoms. The minimum Gasteiger partial charge on any atom is -0.507 e. The molecule has 110 valence electrons. The molecule has 2 rings (SSSR count). The first kappa shape index (κ1) is 15.1. The third kappa shape index (κ3) is 3.62. The van der Waals surface area contributed by atoms with Gasteiger partial charge in [0.1, 0.15) is 5.75 Å². The summed E-state index contributed by atoms with van der Waals surface area (Å²) in [5.41, 5.74) is 0.170. The summed E-state index contributed by atoms with van der Waals surface area (Å²) < 4.78 is 0. The molecule has 1 aromatic carbocycles. The molecule has 5 nitrogen and oxygen atoms in total. The third-order valence-electron chi connectivity index (χ3n) is 3.45. The van der Waals surface area contributed by atoms with Crippen molar-refractivity contribution in [2.45, 2.75) is 18.9 Å². The Hall–Kier alpha value is -1.30. The lowest BCUT2D eigenvalue weighted by molar-refractivity contribution is 0.0703. The Balaban J connectivity index is 2.14. The van der Waals surface area contributed by atoms with Crippen molar-refractivity contribution < 1.29 is 15.0 Å². The molecule has 1 saturated heterocycles. The number of hydrogen-bond donors (Lipinski definition) is 3. The zero-order valence-electron chi connectivity index (χ0n) is 11.2. The molecular weight excluding hydrogens is 280 g/mol. The molecule has 0 saturated carbocycles. The summed E-state index contributed by atoms with van der Waals surface area (Å²) in [5.74, 6) is -0.408. The molecule has 0 aromatic heterocycles. The summed E-state index contributed by atoms with van der Waals surface area (Å²) in [5, 5.41) is 22.6. The summed E-state index contributed by atoms with van der Waals surface area (Å²) >= 11 is 5.87. The number of nitrogens with one attached hydrogen (secondary N) is 1. The number of halogens is 1. The summed E-state index contributed by atoms with van der Waals surface area (Å²) in [6.07, 6.45) is 2.10. The molecular formula is C14H19ClN2O3. The van der Waals surface area contributed by atoms with E-state index in [2.05, 4.69) is 5.32 Å². The molecule has 1 amide bonds. The van der Waals surface area contributed by atoms with E-state index >= 15 is 0 Å². The summed E-state index contributed by atoms with van der Waals surface area (Å²) in [4.78, 5) is 14.0. The lowest BCUT2D eigenvalue weighted by atomic mass is 10.1. The predicted octanol–water partition coefficient (Wildman–Crippen LogP) is 1.23. The SMILES string of the molecule is O=C(c1cc(Cl)ccc1O)N(CCO)CC1CCCN1. The van der Waals surface area contributed by atoms with Gasteiger partial charge in [-0.05, 0) is 37.6 Å². The van der Waals surface area contributed by atoms with Gasteiger partial charge in [0.15, 0.2) is 0 Å². The fourth-order valence-electron chi connectivity index (χ4n) is 2.42. The fraction of sp³-hybridized carbons (Fsp3) is 0.500. The zero-order chi connectivity index (χ0) is 14.5. The Bertz CT molecular complexity index is 475. The van der Waals surface area contributed by atoms with Gasteiger partial charge in [0, 0.05) is 24.2 Å². The third-order valence-corrected chi connectivity index (χ3v) is 3.68. The molecule has 1 fully saturated rings. The van der Waals surface area contributed by atoms with Gasteiger partial charge in [0.2, 0.25) is 0 Å².